The van der Waals surface area contributed by atoms with E-state index in [-0.39, 0.29) is 0 Å². The van der Waals surface area contributed by atoms with Crippen LogP contribution in [0.2, 0.25) is 0 Å². The average Bonchev–Trinajstić information content (AvgIpc) is 2.40. The summed E-state index contributed by atoms with van der Waals surface area (Å²) in [4.78, 5) is 5.43. The smallest absolute Gasteiger partial charge is 0.0380 e. The highest BCUT2D eigenvalue weighted by Crippen LogP contribution is 2.37. The largest absolute Gasteiger partial charge is 0.315 e. The van der Waals surface area contributed by atoms with Crippen molar-refractivity contribution < 1.29 is 0 Å². The Hall–Kier alpha value is -0.120. The Morgan fingerprint density at radius 1 is 0.947 bits per heavy atom. The predicted octanol–water partition coefficient (Wildman–Crippen LogP) is 1.65. The molecule has 1 N–H and O–H groups in total. The summed E-state index contributed by atoms with van der Waals surface area (Å²) in [5.74, 6) is 2.72. The third-order valence-corrected chi connectivity index (χ3v) is 5.79. The number of hydrogen-bond donors (Lipinski definition) is 1. The van der Waals surface area contributed by atoms with E-state index in [0.717, 1.165) is 23.8 Å². The quantitative estimate of drug-likeness (QED) is 0.837. The van der Waals surface area contributed by atoms with Gasteiger partial charge in [0.2, 0.25) is 0 Å². The molecule has 1 saturated carbocycles. The van der Waals surface area contributed by atoms with Crippen LogP contribution in [0.5, 0.6) is 0 Å². The Bertz CT molecular complexity index is 288. The summed E-state index contributed by atoms with van der Waals surface area (Å²) < 4.78 is 0. The molecule has 0 spiro atoms. The van der Waals surface area contributed by atoms with Crippen LogP contribution in [0.1, 0.15) is 33.1 Å². The molecule has 19 heavy (non-hydrogen) atoms. The Balaban J connectivity index is 1.69. The maximum Gasteiger partial charge on any atom is 0.0380 e. The van der Waals surface area contributed by atoms with E-state index in [9.17, 15) is 0 Å². The van der Waals surface area contributed by atoms with Crippen molar-refractivity contribution >= 4 is 0 Å². The second-order valence-corrected chi connectivity index (χ2v) is 7.40. The fraction of sp³-hybridized carbons (Fsp3) is 1.00. The Morgan fingerprint density at radius 3 is 2.05 bits per heavy atom. The van der Waals surface area contributed by atoms with Crippen LogP contribution in [0.25, 0.3) is 0 Å². The van der Waals surface area contributed by atoms with E-state index in [2.05, 4.69) is 36.0 Å². The predicted molar refractivity (Wildman–Crippen MR) is 80.3 cm³/mol. The summed E-state index contributed by atoms with van der Waals surface area (Å²) in [5, 5.41) is 3.70. The lowest BCUT2D eigenvalue weighted by Gasteiger charge is -2.52. The lowest BCUT2D eigenvalue weighted by molar-refractivity contribution is -0.0192. The number of piperazine rings is 3. The van der Waals surface area contributed by atoms with Crippen LogP contribution < -0.4 is 5.32 Å². The minimum atomic E-state index is 0.702. The fourth-order valence-corrected chi connectivity index (χ4v) is 5.04. The Morgan fingerprint density at radius 2 is 1.58 bits per heavy atom. The molecule has 4 rings (SSSR count). The topological polar surface area (TPSA) is 18.5 Å². The summed E-state index contributed by atoms with van der Waals surface area (Å²) in [6.45, 7) is 11.4. The van der Waals surface area contributed by atoms with Gasteiger partial charge in [-0.1, -0.05) is 13.8 Å². The zero-order chi connectivity index (χ0) is 13.4. The van der Waals surface area contributed by atoms with Crippen molar-refractivity contribution in [3.8, 4) is 0 Å². The highest BCUT2D eigenvalue weighted by Gasteiger charge is 2.40. The second kappa shape index (κ2) is 5.71. The monoisotopic (exact) mass is 265 g/mol. The molecule has 3 aliphatic heterocycles. The van der Waals surface area contributed by atoms with Gasteiger partial charge in [0.25, 0.3) is 0 Å². The lowest BCUT2D eigenvalue weighted by atomic mass is 9.71. The van der Waals surface area contributed by atoms with Crippen LogP contribution in [0.15, 0.2) is 0 Å². The van der Waals surface area contributed by atoms with Crippen LogP contribution in [-0.2, 0) is 0 Å². The van der Waals surface area contributed by atoms with Gasteiger partial charge in [0.1, 0.15) is 0 Å². The highest BCUT2D eigenvalue weighted by molar-refractivity contribution is 4.98. The Labute approximate surface area is 118 Å². The standard InChI is InChI=1S/C16H31N3/c1-12-8-13(2)10-14(9-12)16(17-3)15-11-18-4-6-19(15)7-5-18/h12-17H,4-11H2,1-3H3. The number of nitrogens with one attached hydrogen (secondary N) is 1. The van der Waals surface area contributed by atoms with E-state index < -0.39 is 0 Å². The van der Waals surface area contributed by atoms with Crippen LogP contribution in [0.4, 0.5) is 0 Å². The van der Waals surface area contributed by atoms with Crippen molar-refractivity contribution in [1.82, 2.24) is 15.1 Å². The molecule has 3 heteroatoms. The number of likely N-dealkylation sites (N-methyl/N-ethyl adjacent to an activating group) is 1. The van der Waals surface area contributed by atoms with Crippen LogP contribution in [0, 0.1) is 17.8 Å². The van der Waals surface area contributed by atoms with Gasteiger partial charge in [-0.3, -0.25) is 9.80 Å². The molecule has 0 radical (unpaired) electrons. The molecule has 3 saturated heterocycles. The molecule has 4 atom stereocenters. The van der Waals surface area contributed by atoms with Crippen LogP contribution in [-0.4, -0.2) is 61.7 Å². The molecule has 3 nitrogen and oxygen atoms in total. The van der Waals surface area contributed by atoms with Crippen molar-refractivity contribution in [3.05, 3.63) is 0 Å². The molecule has 4 fully saturated rings. The van der Waals surface area contributed by atoms with Crippen molar-refractivity contribution in [1.29, 1.82) is 0 Å². The lowest BCUT2D eigenvalue weighted by Crippen LogP contribution is -2.67. The molecule has 0 aromatic rings. The first kappa shape index (κ1) is 13.8. The van der Waals surface area contributed by atoms with E-state index in [1.165, 1.54) is 52.0 Å². The first-order chi connectivity index (χ1) is 9.17. The first-order valence-electron chi connectivity index (χ1n) is 8.31. The summed E-state index contributed by atoms with van der Waals surface area (Å²) in [5.41, 5.74) is 0. The van der Waals surface area contributed by atoms with Gasteiger partial charge >= 0.3 is 0 Å². The molecule has 4 unspecified atom stereocenters. The molecule has 0 aromatic carbocycles. The normalized spacial score (nSPS) is 48.2. The van der Waals surface area contributed by atoms with Crippen molar-refractivity contribution in [2.75, 3.05) is 39.8 Å². The number of hydrogen-bond acceptors (Lipinski definition) is 3. The van der Waals surface area contributed by atoms with Gasteiger partial charge in [-0.05, 0) is 44.1 Å². The van der Waals surface area contributed by atoms with Crippen molar-refractivity contribution in [2.24, 2.45) is 17.8 Å². The summed E-state index contributed by atoms with van der Waals surface area (Å²) in [7, 11) is 2.19. The summed E-state index contributed by atoms with van der Waals surface area (Å²) >= 11 is 0. The molecular formula is C16H31N3. The third-order valence-electron chi connectivity index (χ3n) is 5.79. The second-order valence-electron chi connectivity index (χ2n) is 7.40. The molecule has 0 amide bonds. The van der Waals surface area contributed by atoms with Crippen molar-refractivity contribution in [2.45, 2.75) is 45.2 Å². The van der Waals surface area contributed by atoms with E-state index in [1.807, 2.05) is 0 Å². The molecule has 1 aliphatic carbocycles. The Kier molecular flexibility index (Phi) is 4.16. The van der Waals surface area contributed by atoms with Gasteiger partial charge in [0, 0.05) is 44.8 Å². The minimum absolute atomic E-state index is 0.702. The third kappa shape index (κ3) is 2.84. The number of rotatable bonds is 3. The molecule has 4 aliphatic rings. The van der Waals surface area contributed by atoms with Gasteiger partial charge in [0.05, 0.1) is 0 Å². The van der Waals surface area contributed by atoms with Crippen molar-refractivity contribution in [3.63, 3.8) is 0 Å². The fourth-order valence-electron chi connectivity index (χ4n) is 5.04. The molecule has 2 bridgehead atoms. The molecular weight excluding hydrogens is 234 g/mol. The first-order valence-corrected chi connectivity index (χ1v) is 8.31. The average molecular weight is 265 g/mol. The van der Waals surface area contributed by atoms with Gasteiger partial charge in [-0.2, -0.15) is 0 Å². The van der Waals surface area contributed by atoms with E-state index in [4.69, 9.17) is 0 Å². The molecule has 3 heterocycles. The maximum absolute atomic E-state index is 3.70. The SMILES string of the molecule is CNC(C1CC(C)CC(C)C1)C1CN2CCN1CC2. The number of fused-ring (bicyclic) bond motifs is 3. The zero-order valence-corrected chi connectivity index (χ0v) is 12.9. The zero-order valence-electron chi connectivity index (χ0n) is 12.9. The van der Waals surface area contributed by atoms with E-state index in [0.29, 0.717) is 6.04 Å². The molecule has 110 valence electrons. The van der Waals surface area contributed by atoms with E-state index in [1.54, 1.807) is 0 Å². The molecule has 0 aromatic heterocycles. The maximum atomic E-state index is 3.70. The summed E-state index contributed by atoms with van der Waals surface area (Å²) in [6, 6.07) is 1.46. The van der Waals surface area contributed by atoms with Gasteiger partial charge in [-0.15, -0.1) is 0 Å². The van der Waals surface area contributed by atoms with Gasteiger partial charge in [0.15, 0.2) is 0 Å². The number of nitrogens with zero attached hydrogens (tertiary/aromatic N) is 2. The summed E-state index contributed by atoms with van der Waals surface area (Å²) in [6.07, 6.45) is 4.30. The minimum Gasteiger partial charge on any atom is -0.315 e. The highest BCUT2D eigenvalue weighted by atomic mass is 15.4. The van der Waals surface area contributed by atoms with Crippen LogP contribution in [0.3, 0.4) is 0 Å². The van der Waals surface area contributed by atoms with Crippen LogP contribution >= 0.6 is 0 Å². The van der Waals surface area contributed by atoms with Gasteiger partial charge in [-0.25, -0.2) is 0 Å². The van der Waals surface area contributed by atoms with E-state index >= 15 is 0 Å². The van der Waals surface area contributed by atoms with Gasteiger partial charge < -0.3 is 5.32 Å².